The molecular formula is C47H55ClN10O8. The van der Waals surface area contributed by atoms with Gasteiger partial charge in [-0.1, -0.05) is 11.6 Å². The van der Waals surface area contributed by atoms with Gasteiger partial charge in [0.05, 0.1) is 35.0 Å². The topological polar surface area (TPSA) is 201 Å². The van der Waals surface area contributed by atoms with Crippen LogP contribution in [0.5, 0.6) is 5.75 Å². The number of anilines is 4. The van der Waals surface area contributed by atoms with Gasteiger partial charge >= 0.3 is 0 Å². The highest BCUT2D eigenvalue weighted by molar-refractivity contribution is 6.33. The number of pyridine rings is 1. The number of fused-ring (bicyclic) bond motifs is 2. The van der Waals surface area contributed by atoms with Gasteiger partial charge in [-0.15, -0.1) is 0 Å². The van der Waals surface area contributed by atoms with E-state index >= 15 is 0 Å². The van der Waals surface area contributed by atoms with Crippen molar-refractivity contribution in [2.75, 3.05) is 68.0 Å². The van der Waals surface area contributed by atoms with E-state index in [0.717, 1.165) is 98.4 Å². The monoisotopic (exact) mass is 922 g/mol. The van der Waals surface area contributed by atoms with Crippen molar-refractivity contribution in [3.05, 3.63) is 74.7 Å². The third kappa shape index (κ3) is 8.80. The number of likely N-dealkylation sites (N-methyl/N-ethyl adjacent to an activating group) is 1. The highest BCUT2D eigenvalue weighted by atomic mass is 35.5. The van der Waals surface area contributed by atoms with E-state index in [1.807, 2.05) is 45.0 Å². The Morgan fingerprint density at radius 1 is 0.924 bits per heavy atom. The van der Waals surface area contributed by atoms with E-state index in [-0.39, 0.29) is 54.9 Å². The van der Waals surface area contributed by atoms with Crippen molar-refractivity contribution in [1.82, 2.24) is 35.0 Å². The van der Waals surface area contributed by atoms with Gasteiger partial charge in [0.25, 0.3) is 23.3 Å². The second kappa shape index (κ2) is 18.6. The summed E-state index contributed by atoms with van der Waals surface area (Å²) in [7, 11) is 1.51. The van der Waals surface area contributed by atoms with Crippen LogP contribution in [0.2, 0.25) is 5.02 Å². The van der Waals surface area contributed by atoms with E-state index in [4.69, 9.17) is 26.1 Å². The molecule has 2 aromatic heterocycles. The molecule has 19 heteroatoms. The molecule has 1 atom stereocenters. The highest BCUT2D eigenvalue weighted by Gasteiger charge is 2.46. The molecule has 5 amide bonds. The number of carbonyl (C=O) groups excluding carboxylic acids is 5. The predicted octanol–water partition coefficient (Wildman–Crippen LogP) is 4.33. The van der Waals surface area contributed by atoms with Crippen molar-refractivity contribution in [1.29, 1.82) is 0 Å². The fraction of sp³-hybridized carbons (Fsp3) is 0.489. The molecule has 1 saturated carbocycles. The molecule has 66 heavy (non-hydrogen) atoms. The molecule has 348 valence electrons. The smallest absolute Gasteiger partial charge is 0.293 e. The molecule has 3 N–H and O–H groups in total. The van der Waals surface area contributed by atoms with Crippen LogP contribution in [0, 0.1) is 6.92 Å². The Morgan fingerprint density at radius 3 is 2.45 bits per heavy atom. The molecule has 5 aliphatic rings. The molecule has 0 radical (unpaired) electrons. The minimum atomic E-state index is -0.990. The van der Waals surface area contributed by atoms with E-state index in [9.17, 15) is 28.8 Å². The molecule has 0 spiro atoms. The van der Waals surface area contributed by atoms with Gasteiger partial charge in [0, 0.05) is 81.6 Å². The standard InChI is InChI=1S/C47H55ClN10O8/c1-26(2)57-36-8-6-29(20-28(36)21-38(45(57)63)65-25-40(60)49-4)51-42-34(48)24-50-47(53-42)56-16-12-31(13-17-56)66-32-22-30(23-32)54-14-5-15-55(19-18-54)35-9-7-33-41(27(35)3)46(64)58(44(33)62)37-10-11-39(59)52-43(37)61/h6-9,20-21,24,26,30-32,37H,5,10-19,22-23,25H2,1-4H3,(H,49,60)(H,50,51,53)(H,52,59,61). The Morgan fingerprint density at radius 2 is 1.71 bits per heavy atom. The summed E-state index contributed by atoms with van der Waals surface area (Å²) >= 11 is 6.61. The number of imide groups is 2. The molecule has 18 nitrogen and oxygen atoms in total. The number of ether oxygens (including phenoxy) is 2. The molecule has 6 heterocycles. The van der Waals surface area contributed by atoms with Gasteiger partial charge in [-0.2, -0.15) is 4.98 Å². The number of hydrogen-bond acceptors (Lipinski definition) is 14. The van der Waals surface area contributed by atoms with Gasteiger partial charge in [-0.05, 0) is 101 Å². The minimum absolute atomic E-state index is 0.0827. The summed E-state index contributed by atoms with van der Waals surface area (Å²) in [4.78, 5) is 93.8. The maximum absolute atomic E-state index is 13.6. The van der Waals surface area contributed by atoms with Crippen LogP contribution in [-0.2, 0) is 19.1 Å². The zero-order valence-electron chi connectivity index (χ0n) is 37.6. The lowest BCUT2D eigenvalue weighted by atomic mass is 9.87. The van der Waals surface area contributed by atoms with Crippen molar-refractivity contribution in [2.45, 2.75) is 96.1 Å². The maximum atomic E-state index is 13.6. The van der Waals surface area contributed by atoms with Crippen LogP contribution >= 0.6 is 11.6 Å². The zero-order chi connectivity index (χ0) is 46.4. The third-order valence-electron chi connectivity index (χ3n) is 13.6. The molecule has 1 aliphatic carbocycles. The SMILES string of the molecule is CNC(=O)COc1cc2cc(Nc3nc(N4CCC(OC5CC(N6CCCN(c7ccc8c(c7C)C(=O)N(C7CCC(=O)NC7=O)C8=O)CC6)C5)CC4)ncc3Cl)ccc2n(C(C)C)c1=O. The number of nitrogens with one attached hydrogen (secondary N) is 3. The summed E-state index contributed by atoms with van der Waals surface area (Å²) in [5, 5.41) is 9.21. The molecule has 9 rings (SSSR count). The number of halogens is 1. The number of benzene rings is 2. The fourth-order valence-corrected chi connectivity index (χ4v) is 10.1. The molecule has 4 aromatic rings. The largest absolute Gasteiger partial charge is 0.478 e. The normalized spacial score (nSPS) is 21.8. The highest BCUT2D eigenvalue weighted by Crippen LogP contribution is 2.37. The number of nitrogens with zero attached hydrogens (tertiary/aromatic N) is 7. The first-order valence-electron chi connectivity index (χ1n) is 22.8. The van der Waals surface area contributed by atoms with Gasteiger partial charge in [-0.3, -0.25) is 43.9 Å². The molecule has 3 saturated heterocycles. The van der Waals surface area contributed by atoms with E-state index in [1.54, 1.807) is 22.9 Å². The molecule has 4 fully saturated rings. The molecule has 1 unspecified atom stereocenters. The molecular weight excluding hydrogens is 868 g/mol. The van der Waals surface area contributed by atoms with Gasteiger partial charge in [0.15, 0.2) is 18.2 Å². The fourth-order valence-electron chi connectivity index (χ4n) is 9.97. The predicted molar refractivity (Wildman–Crippen MR) is 248 cm³/mol. The van der Waals surface area contributed by atoms with Crippen LogP contribution in [-0.4, -0.2) is 131 Å². The average molecular weight is 923 g/mol. The van der Waals surface area contributed by atoms with Gasteiger partial charge in [-0.25, -0.2) is 4.98 Å². The summed E-state index contributed by atoms with van der Waals surface area (Å²) in [6.45, 7) is 10.4. The van der Waals surface area contributed by atoms with Crippen molar-refractivity contribution in [3.8, 4) is 5.75 Å². The number of rotatable bonds is 12. The van der Waals surface area contributed by atoms with Crippen LogP contribution in [0.1, 0.15) is 91.1 Å². The van der Waals surface area contributed by atoms with Gasteiger partial charge < -0.3 is 34.5 Å². The average Bonchev–Trinajstić information content (AvgIpc) is 3.39. The number of hydrogen-bond donors (Lipinski definition) is 3. The van der Waals surface area contributed by atoms with Crippen LogP contribution in [0.4, 0.5) is 23.1 Å². The van der Waals surface area contributed by atoms with Crippen LogP contribution in [0.25, 0.3) is 10.9 Å². The first-order valence-corrected chi connectivity index (χ1v) is 23.2. The van der Waals surface area contributed by atoms with Crippen LogP contribution < -0.4 is 36.0 Å². The first kappa shape index (κ1) is 45.1. The number of aromatic nitrogens is 3. The minimum Gasteiger partial charge on any atom is -0.478 e. The lowest BCUT2D eigenvalue weighted by Crippen LogP contribution is -2.54. The lowest BCUT2D eigenvalue weighted by molar-refractivity contribution is -0.136. The van der Waals surface area contributed by atoms with Crippen molar-refractivity contribution < 1.29 is 33.4 Å². The third-order valence-corrected chi connectivity index (χ3v) is 13.8. The summed E-state index contributed by atoms with van der Waals surface area (Å²) in [6.07, 6.45) is 6.77. The van der Waals surface area contributed by atoms with Crippen molar-refractivity contribution >= 4 is 75.2 Å². The second-order valence-corrected chi connectivity index (χ2v) is 18.4. The Labute approximate surface area is 386 Å². The van der Waals surface area contributed by atoms with Crippen molar-refractivity contribution in [3.63, 3.8) is 0 Å². The van der Waals surface area contributed by atoms with E-state index < -0.39 is 29.7 Å². The van der Waals surface area contributed by atoms with E-state index in [1.165, 1.54) is 7.05 Å². The number of carbonyl (C=O) groups is 5. The van der Waals surface area contributed by atoms with Gasteiger partial charge in [0.2, 0.25) is 17.8 Å². The first-order chi connectivity index (χ1) is 31.8. The maximum Gasteiger partial charge on any atom is 0.293 e. The summed E-state index contributed by atoms with van der Waals surface area (Å²) in [6, 6.07) is 10.2. The zero-order valence-corrected chi connectivity index (χ0v) is 38.4. The second-order valence-electron chi connectivity index (χ2n) is 18.0. The Bertz CT molecular complexity index is 2660. The van der Waals surface area contributed by atoms with Crippen molar-refractivity contribution in [2.24, 2.45) is 0 Å². The Balaban J connectivity index is 0.761. The number of piperidine rings is 2. The van der Waals surface area contributed by atoms with Crippen LogP contribution in [0.15, 0.2) is 47.4 Å². The molecule has 0 bridgehead atoms. The van der Waals surface area contributed by atoms with Crippen LogP contribution in [0.3, 0.4) is 0 Å². The number of amides is 5. The summed E-state index contributed by atoms with van der Waals surface area (Å²) < 4.78 is 13.9. The summed E-state index contributed by atoms with van der Waals surface area (Å²) in [5.74, 6) is -1.20. The molecule has 4 aliphatic heterocycles. The van der Waals surface area contributed by atoms with E-state index in [2.05, 4.69) is 35.6 Å². The quantitative estimate of drug-likeness (QED) is 0.170. The summed E-state index contributed by atoms with van der Waals surface area (Å²) in [5.41, 5.74) is 3.43. The Hall–Kier alpha value is -6.11. The lowest BCUT2D eigenvalue weighted by Gasteiger charge is -2.44. The van der Waals surface area contributed by atoms with E-state index in [0.29, 0.717) is 39.6 Å². The van der Waals surface area contributed by atoms with Gasteiger partial charge in [0.1, 0.15) is 11.1 Å². The molecule has 2 aromatic carbocycles. The Kier molecular flexibility index (Phi) is 12.7.